The Labute approximate surface area is 72.7 Å². The van der Waals surface area contributed by atoms with Gasteiger partial charge in [0.05, 0.1) is 5.57 Å². The largest absolute Gasteiger partial charge is 0.294 e. The highest BCUT2D eigenvalue weighted by Gasteiger charge is 2.34. The molecule has 0 spiro atoms. The first-order valence-electron chi connectivity index (χ1n) is 4.07. The Morgan fingerprint density at radius 3 is 1.92 bits per heavy atom. The van der Waals surface area contributed by atoms with Crippen LogP contribution in [0, 0.1) is 11.5 Å². The van der Waals surface area contributed by atoms with Crippen LogP contribution in [-0.2, 0) is 9.59 Å². The minimum Gasteiger partial charge on any atom is -0.294 e. The van der Waals surface area contributed by atoms with E-state index in [0.717, 1.165) is 0 Å². The predicted octanol–water partition coefficient (Wildman–Crippen LogP) is 1.69. The Balaban J connectivity index is 2.93. The lowest BCUT2D eigenvalue weighted by molar-refractivity contribution is -0.127. The third-order valence-electron chi connectivity index (χ3n) is 2.09. The zero-order valence-electron chi connectivity index (χ0n) is 7.73. The molecular weight excluding hydrogens is 152 g/mol. The molecule has 0 unspecified atom stereocenters. The minimum atomic E-state index is -0.158. The smallest absolute Gasteiger partial charge is 0.167 e. The molecule has 2 nitrogen and oxygen atoms in total. The van der Waals surface area contributed by atoms with Crippen molar-refractivity contribution in [2.24, 2.45) is 5.41 Å². The molecule has 1 aliphatic carbocycles. The van der Waals surface area contributed by atoms with E-state index < -0.39 is 0 Å². The molecule has 1 fully saturated rings. The monoisotopic (exact) mass is 165 g/mol. The van der Waals surface area contributed by atoms with Gasteiger partial charge in [-0.3, -0.25) is 9.59 Å². The molecule has 0 saturated heterocycles. The van der Waals surface area contributed by atoms with Crippen molar-refractivity contribution in [1.29, 1.82) is 0 Å². The Hall–Kier alpha value is -0.920. The van der Waals surface area contributed by atoms with Gasteiger partial charge in [-0.1, -0.05) is 13.8 Å². The van der Waals surface area contributed by atoms with Crippen molar-refractivity contribution in [3.05, 3.63) is 11.6 Å². The van der Waals surface area contributed by atoms with E-state index in [4.69, 9.17) is 0 Å². The minimum absolute atomic E-state index is 0.0567. The van der Waals surface area contributed by atoms with Gasteiger partial charge >= 0.3 is 0 Å². The molecule has 12 heavy (non-hydrogen) atoms. The van der Waals surface area contributed by atoms with E-state index in [2.05, 4.69) is 6.08 Å². The van der Waals surface area contributed by atoms with E-state index in [1.807, 2.05) is 13.8 Å². The second-order valence-corrected chi connectivity index (χ2v) is 3.99. The van der Waals surface area contributed by atoms with Crippen LogP contribution in [-0.4, -0.2) is 11.6 Å². The molecule has 0 bridgehead atoms. The first kappa shape index (κ1) is 9.17. The number of ketones is 2. The van der Waals surface area contributed by atoms with Gasteiger partial charge in [-0.2, -0.15) is 0 Å². The summed E-state index contributed by atoms with van der Waals surface area (Å²) in [6.07, 6.45) is 3.59. The summed E-state index contributed by atoms with van der Waals surface area (Å²) in [6.45, 7) is 5.49. The summed E-state index contributed by atoms with van der Waals surface area (Å²) in [5.74, 6) is -0.113. The molecule has 1 rings (SSSR count). The molecule has 65 valence electrons. The Morgan fingerprint density at radius 1 is 1.17 bits per heavy atom. The molecule has 1 aliphatic rings. The van der Waals surface area contributed by atoms with Crippen molar-refractivity contribution >= 4 is 11.6 Å². The first-order valence-corrected chi connectivity index (χ1v) is 4.07. The normalized spacial score (nSPS) is 22.8. The van der Waals surface area contributed by atoms with Gasteiger partial charge in [0.15, 0.2) is 11.6 Å². The van der Waals surface area contributed by atoms with Crippen LogP contribution >= 0.6 is 0 Å². The molecular formula is C10H13O2. The number of allylic oxidation sites excluding steroid dienone is 2. The molecule has 0 aromatic heterocycles. The van der Waals surface area contributed by atoms with Crippen molar-refractivity contribution in [3.63, 3.8) is 0 Å². The topological polar surface area (TPSA) is 34.1 Å². The van der Waals surface area contributed by atoms with Crippen molar-refractivity contribution in [3.8, 4) is 0 Å². The van der Waals surface area contributed by atoms with Crippen molar-refractivity contribution < 1.29 is 9.59 Å². The van der Waals surface area contributed by atoms with E-state index in [0.29, 0.717) is 12.8 Å². The number of hydrogen-bond acceptors (Lipinski definition) is 2. The van der Waals surface area contributed by atoms with Gasteiger partial charge in [-0.05, 0) is 18.4 Å². The lowest BCUT2D eigenvalue weighted by Crippen LogP contribution is -2.31. The fourth-order valence-corrected chi connectivity index (χ4v) is 1.54. The number of carbonyl (C=O) groups excluding carboxylic acids is 2. The first-order chi connectivity index (χ1) is 5.46. The highest BCUT2D eigenvalue weighted by Crippen LogP contribution is 2.33. The van der Waals surface area contributed by atoms with Crippen molar-refractivity contribution in [2.75, 3.05) is 0 Å². The molecule has 0 N–H and O–H groups in total. The van der Waals surface area contributed by atoms with Crippen LogP contribution in [0.5, 0.6) is 0 Å². The Kier molecular flexibility index (Phi) is 2.18. The second kappa shape index (κ2) is 2.85. The second-order valence-electron chi connectivity index (χ2n) is 3.99. The molecule has 2 heteroatoms. The van der Waals surface area contributed by atoms with Crippen LogP contribution in [0.3, 0.4) is 0 Å². The van der Waals surface area contributed by atoms with Crippen LogP contribution in [0.2, 0.25) is 0 Å². The van der Waals surface area contributed by atoms with Crippen LogP contribution in [0.1, 0.15) is 33.6 Å². The zero-order chi connectivity index (χ0) is 9.35. The van der Waals surface area contributed by atoms with E-state index in [9.17, 15) is 9.59 Å². The SMILES string of the molecule is C[C]=C1C(=O)CC(C)(C)CC1=O. The summed E-state index contributed by atoms with van der Waals surface area (Å²) in [5, 5.41) is 0. The predicted molar refractivity (Wildman–Crippen MR) is 45.5 cm³/mol. The number of hydrogen-bond donors (Lipinski definition) is 0. The highest BCUT2D eigenvalue weighted by atomic mass is 16.1. The number of rotatable bonds is 0. The maximum atomic E-state index is 11.3. The molecule has 0 heterocycles. The van der Waals surface area contributed by atoms with Crippen LogP contribution < -0.4 is 0 Å². The zero-order valence-corrected chi connectivity index (χ0v) is 7.73. The molecule has 1 radical (unpaired) electrons. The molecule has 0 atom stereocenters. The summed E-state index contributed by atoms with van der Waals surface area (Å²) >= 11 is 0. The molecule has 0 aromatic rings. The van der Waals surface area contributed by atoms with Gasteiger partial charge in [0.1, 0.15) is 0 Å². The molecule has 0 aliphatic heterocycles. The maximum absolute atomic E-state index is 11.3. The lowest BCUT2D eigenvalue weighted by atomic mass is 9.74. The average Bonchev–Trinajstić information content (AvgIpc) is 1.82. The van der Waals surface area contributed by atoms with Gasteiger partial charge in [-0.25, -0.2) is 0 Å². The third-order valence-corrected chi connectivity index (χ3v) is 2.09. The van der Waals surface area contributed by atoms with Gasteiger partial charge in [0.25, 0.3) is 0 Å². The van der Waals surface area contributed by atoms with E-state index >= 15 is 0 Å². The molecule has 1 saturated carbocycles. The van der Waals surface area contributed by atoms with Crippen molar-refractivity contribution in [1.82, 2.24) is 0 Å². The fraction of sp³-hybridized carbons (Fsp3) is 0.600. The van der Waals surface area contributed by atoms with Gasteiger partial charge in [0, 0.05) is 12.8 Å². The maximum Gasteiger partial charge on any atom is 0.167 e. The van der Waals surface area contributed by atoms with Crippen LogP contribution in [0.15, 0.2) is 5.57 Å². The van der Waals surface area contributed by atoms with Crippen LogP contribution in [0.25, 0.3) is 0 Å². The Bertz CT molecular complexity index is 237. The highest BCUT2D eigenvalue weighted by molar-refractivity contribution is 6.21. The van der Waals surface area contributed by atoms with Crippen LogP contribution in [0.4, 0.5) is 0 Å². The summed E-state index contributed by atoms with van der Waals surface area (Å²) in [4.78, 5) is 22.7. The van der Waals surface area contributed by atoms with E-state index in [1.54, 1.807) is 6.92 Å². The molecule has 0 aromatic carbocycles. The fourth-order valence-electron chi connectivity index (χ4n) is 1.54. The summed E-state index contributed by atoms with van der Waals surface area (Å²) in [6, 6.07) is 0. The standard InChI is InChI=1S/C10H13O2/c1-4-7-8(11)5-10(2,3)6-9(7)12/h5-6H2,1-3H3. The molecule has 0 amide bonds. The van der Waals surface area contributed by atoms with Crippen molar-refractivity contribution in [2.45, 2.75) is 33.6 Å². The summed E-state index contributed by atoms with van der Waals surface area (Å²) in [5.41, 5.74) is 0.114. The summed E-state index contributed by atoms with van der Waals surface area (Å²) < 4.78 is 0. The quantitative estimate of drug-likeness (QED) is 0.404. The van der Waals surface area contributed by atoms with E-state index in [-0.39, 0.29) is 22.6 Å². The van der Waals surface area contributed by atoms with Gasteiger partial charge < -0.3 is 0 Å². The average molecular weight is 165 g/mol. The number of carbonyl (C=O) groups is 2. The Morgan fingerprint density at radius 2 is 1.58 bits per heavy atom. The van der Waals surface area contributed by atoms with Gasteiger partial charge in [-0.15, -0.1) is 0 Å². The number of Topliss-reactive ketones (excluding diaryl/α,β-unsaturated/α-hetero) is 2. The van der Waals surface area contributed by atoms with Gasteiger partial charge in [0.2, 0.25) is 0 Å². The third kappa shape index (κ3) is 1.63. The lowest BCUT2D eigenvalue weighted by Gasteiger charge is -2.28. The van der Waals surface area contributed by atoms with E-state index in [1.165, 1.54) is 0 Å². The summed E-state index contributed by atoms with van der Waals surface area (Å²) in [7, 11) is 0.